The summed E-state index contributed by atoms with van der Waals surface area (Å²) in [6, 6.07) is 7.58. The summed E-state index contributed by atoms with van der Waals surface area (Å²) in [4.78, 5) is 23.7. The van der Waals surface area contributed by atoms with Gasteiger partial charge < -0.3 is 29.1 Å². The minimum atomic E-state index is -1.50. The number of Topliss-reactive ketones (excluding diaryl/α,β-unsaturated/α-hetero) is 1. The van der Waals surface area contributed by atoms with Gasteiger partial charge in [-0.25, -0.2) is 0 Å². The number of benzene rings is 2. The molecule has 2 heterocycles. The molecule has 2 aliphatic heterocycles. The first-order valence-corrected chi connectivity index (χ1v) is 9.54. The molecule has 166 valence electrons. The molecular formula is C21H24N2O8. The Balaban J connectivity index is 0.000000628. The lowest BCUT2D eigenvalue weighted by Crippen LogP contribution is -2.24. The van der Waals surface area contributed by atoms with Gasteiger partial charge in [-0.2, -0.15) is 0 Å². The quantitative estimate of drug-likeness (QED) is 0.563. The van der Waals surface area contributed by atoms with Crippen LogP contribution in [0.5, 0.6) is 23.0 Å². The van der Waals surface area contributed by atoms with Crippen LogP contribution in [0.2, 0.25) is 0 Å². The predicted molar refractivity (Wildman–Crippen MR) is 109 cm³/mol. The molecule has 0 saturated carbocycles. The maximum absolute atomic E-state index is 13.1. The van der Waals surface area contributed by atoms with E-state index in [0.29, 0.717) is 41.5 Å². The van der Waals surface area contributed by atoms with E-state index in [9.17, 15) is 4.79 Å². The van der Waals surface area contributed by atoms with Gasteiger partial charge in [0.15, 0.2) is 28.8 Å². The van der Waals surface area contributed by atoms with Gasteiger partial charge in [-0.15, -0.1) is 10.1 Å². The monoisotopic (exact) mass is 432 g/mol. The van der Waals surface area contributed by atoms with Crippen LogP contribution in [0.3, 0.4) is 0 Å². The smallest absolute Gasteiger partial charge is 0.291 e. The molecule has 2 aromatic carbocycles. The van der Waals surface area contributed by atoms with Crippen molar-refractivity contribution in [3.63, 3.8) is 0 Å². The second-order valence-corrected chi connectivity index (χ2v) is 7.13. The molecule has 0 radical (unpaired) electrons. The number of carbonyl (C=O) groups is 1. The number of fused-ring (bicyclic) bond motifs is 3. The van der Waals surface area contributed by atoms with E-state index in [4.69, 9.17) is 34.3 Å². The summed E-state index contributed by atoms with van der Waals surface area (Å²) in [5.74, 6) is 2.80. The van der Waals surface area contributed by atoms with Crippen molar-refractivity contribution in [2.45, 2.75) is 19.4 Å². The highest BCUT2D eigenvalue weighted by Gasteiger charge is 2.25. The Bertz CT molecular complexity index is 988. The lowest BCUT2D eigenvalue weighted by Gasteiger charge is -2.24. The Morgan fingerprint density at radius 2 is 1.81 bits per heavy atom. The number of hydrogen-bond acceptors (Lipinski definition) is 8. The molecule has 2 aromatic rings. The zero-order valence-electron chi connectivity index (χ0n) is 17.5. The predicted octanol–water partition coefficient (Wildman–Crippen LogP) is 2.50. The molecule has 0 aliphatic carbocycles. The van der Waals surface area contributed by atoms with Crippen LogP contribution in [0.15, 0.2) is 24.3 Å². The first kappa shape index (κ1) is 22.2. The third-order valence-electron chi connectivity index (χ3n) is 5.19. The topological polar surface area (TPSA) is 121 Å². The fraction of sp³-hybridized carbons (Fsp3) is 0.381. The van der Waals surface area contributed by atoms with Crippen LogP contribution in [0, 0.1) is 10.1 Å². The van der Waals surface area contributed by atoms with E-state index in [1.54, 1.807) is 14.2 Å². The Morgan fingerprint density at radius 1 is 1.13 bits per heavy atom. The molecule has 0 fully saturated rings. The lowest BCUT2D eigenvalue weighted by molar-refractivity contribution is -0.742. The maximum Gasteiger partial charge on any atom is 0.291 e. The van der Waals surface area contributed by atoms with Gasteiger partial charge in [0.05, 0.1) is 14.2 Å². The van der Waals surface area contributed by atoms with Gasteiger partial charge >= 0.3 is 0 Å². The van der Waals surface area contributed by atoms with Gasteiger partial charge in [0.2, 0.25) is 6.79 Å². The zero-order valence-corrected chi connectivity index (χ0v) is 17.5. The molecule has 0 aromatic heterocycles. The first-order valence-electron chi connectivity index (χ1n) is 9.54. The SMILES string of the molecule is COc1ccc2c(c1OC)CN(C)CCc1cc3c(cc1C(=O)C2)OCO3.O=[N+]([O-])O. The first-order chi connectivity index (χ1) is 14.8. The Morgan fingerprint density at radius 3 is 2.45 bits per heavy atom. The number of methoxy groups -OCH3 is 2. The molecular weight excluding hydrogens is 408 g/mol. The van der Waals surface area contributed by atoms with E-state index < -0.39 is 5.09 Å². The van der Waals surface area contributed by atoms with E-state index in [-0.39, 0.29) is 12.6 Å². The molecule has 1 N–H and O–H groups in total. The van der Waals surface area contributed by atoms with E-state index in [2.05, 4.69) is 11.9 Å². The lowest BCUT2D eigenvalue weighted by atomic mass is 9.92. The highest BCUT2D eigenvalue weighted by atomic mass is 16.9. The molecule has 0 bridgehead atoms. The summed E-state index contributed by atoms with van der Waals surface area (Å²) in [6.07, 6.45) is 1.06. The molecule has 10 heteroatoms. The number of rotatable bonds is 2. The average molecular weight is 432 g/mol. The van der Waals surface area contributed by atoms with Crippen molar-refractivity contribution < 1.29 is 34.0 Å². The fourth-order valence-corrected chi connectivity index (χ4v) is 3.75. The highest BCUT2D eigenvalue weighted by molar-refractivity contribution is 6.00. The number of ether oxygens (including phenoxy) is 4. The fourth-order valence-electron chi connectivity index (χ4n) is 3.75. The van der Waals surface area contributed by atoms with Gasteiger partial charge in [-0.3, -0.25) is 4.79 Å². The van der Waals surface area contributed by atoms with Crippen LogP contribution in [-0.2, 0) is 19.4 Å². The van der Waals surface area contributed by atoms with Crippen molar-refractivity contribution in [3.05, 3.63) is 56.6 Å². The minimum Gasteiger partial charge on any atom is -0.493 e. The Hall–Kier alpha value is -3.53. The zero-order chi connectivity index (χ0) is 22.5. The number of ketones is 1. The van der Waals surface area contributed by atoms with Crippen LogP contribution in [-0.4, -0.2) is 55.6 Å². The van der Waals surface area contributed by atoms with Crippen LogP contribution >= 0.6 is 0 Å². The van der Waals surface area contributed by atoms with Crippen LogP contribution in [0.4, 0.5) is 0 Å². The highest BCUT2D eigenvalue weighted by Crippen LogP contribution is 2.38. The standard InChI is InChI=1S/C21H23NO5.HNO3/c1-22-7-6-14-9-19-20(27-12-26-19)10-15(14)17(23)8-13-4-5-18(24-2)21(25-3)16(13)11-22;2-1(3)4/h4-5,9-10H,6-8,11-12H2,1-3H3;(H,2,3,4). The van der Waals surface area contributed by atoms with Crippen molar-refractivity contribution in [2.75, 3.05) is 34.6 Å². The average Bonchev–Trinajstić information content (AvgIpc) is 3.19. The normalized spacial score (nSPS) is 15.1. The second-order valence-electron chi connectivity index (χ2n) is 7.13. The van der Waals surface area contributed by atoms with Crippen LogP contribution in [0.1, 0.15) is 27.0 Å². The van der Waals surface area contributed by atoms with E-state index in [1.165, 1.54) is 0 Å². The molecule has 0 amide bonds. The van der Waals surface area contributed by atoms with Gasteiger partial charge in [0.1, 0.15) is 0 Å². The molecule has 31 heavy (non-hydrogen) atoms. The van der Waals surface area contributed by atoms with Gasteiger partial charge in [0, 0.05) is 30.6 Å². The summed E-state index contributed by atoms with van der Waals surface area (Å²) >= 11 is 0. The molecule has 0 spiro atoms. The number of hydrogen-bond donors (Lipinski definition) is 1. The third-order valence-corrected chi connectivity index (χ3v) is 5.19. The van der Waals surface area contributed by atoms with Crippen molar-refractivity contribution >= 4 is 5.78 Å². The number of nitrogens with zero attached hydrogens (tertiary/aromatic N) is 2. The number of likely N-dealkylation sites (N-methyl/N-ethyl adjacent to an activating group) is 1. The molecule has 2 aliphatic rings. The summed E-state index contributed by atoms with van der Waals surface area (Å²) in [7, 11) is 5.33. The second kappa shape index (κ2) is 9.52. The van der Waals surface area contributed by atoms with Gasteiger partial charge in [-0.1, -0.05) is 6.07 Å². The van der Waals surface area contributed by atoms with E-state index in [0.717, 1.165) is 29.7 Å². The summed E-state index contributed by atoms with van der Waals surface area (Å²) in [5, 5.41) is 13.6. The molecule has 0 saturated heterocycles. The van der Waals surface area contributed by atoms with Crippen LogP contribution in [0.25, 0.3) is 0 Å². The molecule has 10 nitrogen and oxygen atoms in total. The van der Waals surface area contributed by atoms with Crippen molar-refractivity contribution in [3.8, 4) is 23.0 Å². The van der Waals surface area contributed by atoms with E-state index in [1.807, 2.05) is 24.3 Å². The summed E-state index contributed by atoms with van der Waals surface area (Å²) in [5.41, 5.74) is 3.65. The van der Waals surface area contributed by atoms with Crippen molar-refractivity contribution in [2.24, 2.45) is 0 Å². The molecule has 0 atom stereocenters. The van der Waals surface area contributed by atoms with Crippen molar-refractivity contribution in [1.29, 1.82) is 0 Å². The Kier molecular flexibility index (Phi) is 6.81. The summed E-state index contributed by atoms with van der Waals surface area (Å²) in [6.45, 7) is 1.69. The largest absolute Gasteiger partial charge is 0.493 e. The van der Waals surface area contributed by atoms with Gasteiger partial charge in [0.25, 0.3) is 5.09 Å². The third kappa shape index (κ3) is 4.97. The maximum atomic E-state index is 13.1. The molecule has 0 unspecified atom stereocenters. The Labute approximate surface area is 179 Å². The van der Waals surface area contributed by atoms with E-state index >= 15 is 0 Å². The molecule has 4 rings (SSSR count). The number of carbonyl (C=O) groups excluding carboxylic acids is 1. The van der Waals surface area contributed by atoms with Crippen LogP contribution < -0.4 is 18.9 Å². The van der Waals surface area contributed by atoms with Crippen molar-refractivity contribution in [1.82, 2.24) is 4.90 Å². The minimum absolute atomic E-state index is 0.0707. The summed E-state index contributed by atoms with van der Waals surface area (Å²) < 4.78 is 22.0. The van der Waals surface area contributed by atoms with Gasteiger partial charge in [-0.05, 0) is 42.8 Å².